The van der Waals surface area contributed by atoms with Crippen molar-refractivity contribution in [2.24, 2.45) is 5.92 Å². The van der Waals surface area contributed by atoms with Crippen molar-refractivity contribution in [2.45, 2.75) is 36.9 Å². The third-order valence-electron chi connectivity index (χ3n) is 3.33. The molecule has 1 aromatic carbocycles. The van der Waals surface area contributed by atoms with E-state index < -0.39 is 0 Å². The molecule has 0 aliphatic carbocycles. The van der Waals surface area contributed by atoms with Crippen LogP contribution in [-0.4, -0.2) is 28.4 Å². The fourth-order valence-corrected chi connectivity index (χ4v) is 4.30. The number of amides is 1. The maximum absolute atomic E-state index is 12.3. The van der Waals surface area contributed by atoms with Crippen molar-refractivity contribution in [1.29, 1.82) is 5.26 Å². The SMILES string of the molecule is Cc1cc(SC#N)cc(C)c1NC(=O)CSc1nnc(NCC(C)C)s1. The summed E-state index contributed by atoms with van der Waals surface area (Å²) in [5.41, 5.74) is 2.68. The molecule has 2 aromatic rings. The molecule has 0 bridgehead atoms. The average Bonchev–Trinajstić information content (AvgIpc) is 3.03. The van der Waals surface area contributed by atoms with Gasteiger partial charge in [0.25, 0.3) is 0 Å². The lowest BCUT2D eigenvalue weighted by Crippen LogP contribution is -2.15. The zero-order valence-corrected chi connectivity index (χ0v) is 17.6. The monoisotopic (exact) mass is 407 g/mol. The Bertz CT molecular complexity index is 790. The Labute approximate surface area is 166 Å². The fourth-order valence-electron chi connectivity index (χ4n) is 2.17. The molecule has 1 amide bonds. The molecule has 1 heterocycles. The van der Waals surface area contributed by atoms with E-state index in [0.29, 0.717) is 5.92 Å². The molecule has 0 aliphatic rings. The molecule has 0 radical (unpaired) electrons. The highest BCUT2D eigenvalue weighted by Gasteiger charge is 2.12. The molecule has 0 fully saturated rings. The van der Waals surface area contributed by atoms with Crippen LogP contribution in [0.4, 0.5) is 10.8 Å². The van der Waals surface area contributed by atoms with Crippen LogP contribution in [0.3, 0.4) is 0 Å². The van der Waals surface area contributed by atoms with Gasteiger partial charge in [0.05, 0.1) is 5.75 Å². The summed E-state index contributed by atoms with van der Waals surface area (Å²) in [6.07, 6.45) is 0. The summed E-state index contributed by atoms with van der Waals surface area (Å²) in [5, 5.41) is 26.0. The van der Waals surface area contributed by atoms with Gasteiger partial charge in [-0.15, -0.1) is 10.2 Å². The molecule has 1 aromatic heterocycles. The van der Waals surface area contributed by atoms with E-state index >= 15 is 0 Å². The molecule has 2 N–H and O–H groups in total. The molecule has 2 rings (SSSR count). The van der Waals surface area contributed by atoms with Gasteiger partial charge < -0.3 is 10.6 Å². The Morgan fingerprint density at radius 2 is 2.00 bits per heavy atom. The number of hydrogen-bond donors (Lipinski definition) is 2. The standard InChI is InChI=1S/C17H21N5OS3/c1-10(2)7-19-16-21-22-17(26-16)24-8-14(23)20-15-11(3)5-13(25-9-18)6-12(15)4/h5-6,10H,7-8H2,1-4H3,(H,19,21)(H,20,23). The molecule has 0 saturated carbocycles. The lowest BCUT2D eigenvalue weighted by atomic mass is 10.1. The van der Waals surface area contributed by atoms with Crippen LogP contribution in [0.15, 0.2) is 21.4 Å². The maximum Gasteiger partial charge on any atom is 0.234 e. The summed E-state index contributed by atoms with van der Waals surface area (Å²) in [7, 11) is 0. The molecule has 138 valence electrons. The highest BCUT2D eigenvalue weighted by Crippen LogP contribution is 2.29. The first-order chi connectivity index (χ1) is 12.4. The van der Waals surface area contributed by atoms with E-state index in [1.54, 1.807) is 0 Å². The maximum atomic E-state index is 12.3. The van der Waals surface area contributed by atoms with Gasteiger partial charge in [-0.3, -0.25) is 4.79 Å². The quantitative estimate of drug-likeness (QED) is 0.491. The number of hydrogen-bond acceptors (Lipinski definition) is 8. The van der Waals surface area contributed by atoms with Gasteiger partial charge in [-0.1, -0.05) is 36.9 Å². The highest BCUT2D eigenvalue weighted by molar-refractivity contribution is 8.03. The second kappa shape index (κ2) is 9.80. The summed E-state index contributed by atoms with van der Waals surface area (Å²) in [4.78, 5) is 13.2. The Balaban J connectivity index is 1.90. The largest absolute Gasteiger partial charge is 0.360 e. The number of carbonyl (C=O) groups is 1. The number of carbonyl (C=O) groups excluding carboxylic acids is 1. The van der Waals surface area contributed by atoms with Gasteiger partial charge >= 0.3 is 0 Å². The van der Waals surface area contributed by atoms with Crippen molar-refractivity contribution in [3.05, 3.63) is 23.3 Å². The van der Waals surface area contributed by atoms with Gasteiger partial charge in [0.15, 0.2) is 4.34 Å². The average molecular weight is 408 g/mol. The first-order valence-corrected chi connectivity index (χ1v) is 10.7. The first kappa shape index (κ1) is 20.6. The Kier molecular flexibility index (Phi) is 7.75. The van der Waals surface area contributed by atoms with E-state index in [4.69, 9.17) is 5.26 Å². The van der Waals surface area contributed by atoms with Crippen molar-refractivity contribution in [3.8, 4) is 5.40 Å². The molecular formula is C17H21N5OS3. The van der Waals surface area contributed by atoms with E-state index in [-0.39, 0.29) is 11.7 Å². The smallest absolute Gasteiger partial charge is 0.234 e. The molecule has 0 spiro atoms. The van der Waals surface area contributed by atoms with Crippen LogP contribution >= 0.6 is 34.9 Å². The number of aryl methyl sites for hydroxylation is 2. The van der Waals surface area contributed by atoms with E-state index in [0.717, 1.165) is 49.5 Å². The number of nitrogens with one attached hydrogen (secondary N) is 2. The first-order valence-electron chi connectivity index (χ1n) is 8.06. The zero-order valence-electron chi connectivity index (χ0n) is 15.1. The van der Waals surface area contributed by atoms with Gasteiger partial charge in [0.1, 0.15) is 5.40 Å². The van der Waals surface area contributed by atoms with E-state index in [2.05, 4.69) is 40.1 Å². The Morgan fingerprint density at radius 1 is 1.31 bits per heavy atom. The van der Waals surface area contributed by atoms with Gasteiger partial charge in [-0.25, -0.2) is 0 Å². The van der Waals surface area contributed by atoms with Gasteiger partial charge in [0, 0.05) is 17.1 Å². The summed E-state index contributed by atoms with van der Waals surface area (Å²) in [6, 6.07) is 3.81. The predicted molar refractivity (Wildman–Crippen MR) is 110 cm³/mol. The Hall–Kier alpha value is -1.76. The van der Waals surface area contributed by atoms with Crippen LogP contribution in [0.25, 0.3) is 0 Å². The normalized spacial score (nSPS) is 10.6. The second-order valence-corrected chi connectivity index (χ2v) is 9.17. The summed E-state index contributed by atoms with van der Waals surface area (Å²) < 4.78 is 0.764. The zero-order chi connectivity index (χ0) is 19.1. The number of rotatable bonds is 8. The molecule has 0 aliphatic heterocycles. The predicted octanol–water partition coefficient (Wildman–Crippen LogP) is 4.53. The van der Waals surface area contributed by atoms with Crippen LogP contribution in [0.2, 0.25) is 0 Å². The minimum absolute atomic E-state index is 0.0891. The Morgan fingerprint density at radius 3 is 2.62 bits per heavy atom. The van der Waals surface area contributed by atoms with Crippen LogP contribution in [0, 0.1) is 30.4 Å². The van der Waals surface area contributed by atoms with Crippen molar-refractivity contribution in [1.82, 2.24) is 10.2 Å². The summed E-state index contributed by atoms with van der Waals surface area (Å²) in [6.45, 7) is 8.95. The highest BCUT2D eigenvalue weighted by atomic mass is 32.2. The molecule has 26 heavy (non-hydrogen) atoms. The minimum atomic E-state index is -0.0891. The number of thiocyanates is 1. The second-order valence-electron chi connectivity index (χ2n) is 6.11. The third-order valence-corrected chi connectivity index (χ3v) is 5.91. The van der Waals surface area contributed by atoms with Gasteiger partial charge in [0.2, 0.25) is 11.0 Å². The third kappa shape index (κ3) is 6.20. The lowest BCUT2D eigenvalue weighted by Gasteiger charge is -2.12. The molecule has 6 nitrogen and oxygen atoms in total. The molecule has 0 saturated heterocycles. The van der Waals surface area contributed by atoms with E-state index in [1.807, 2.05) is 26.0 Å². The molecule has 9 heteroatoms. The number of anilines is 2. The van der Waals surface area contributed by atoms with Crippen LogP contribution < -0.4 is 10.6 Å². The summed E-state index contributed by atoms with van der Waals surface area (Å²) >= 11 is 3.94. The van der Waals surface area contributed by atoms with Crippen LogP contribution in [0.1, 0.15) is 25.0 Å². The number of nitrogens with zero attached hydrogens (tertiary/aromatic N) is 3. The summed E-state index contributed by atoms with van der Waals surface area (Å²) in [5.74, 6) is 0.714. The van der Waals surface area contributed by atoms with Crippen molar-refractivity contribution in [3.63, 3.8) is 0 Å². The van der Waals surface area contributed by atoms with Gasteiger partial charge in [-0.05, 0) is 54.8 Å². The topological polar surface area (TPSA) is 90.7 Å². The lowest BCUT2D eigenvalue weighted by molar-refractivity contribution is -0.113. The fraction of sp³-hybridized carbons (Fsp3) is 0.412. The molecule has 0 unspecified atom stereocenters. The molecule has 0 atom stereocenters. The van der Waals surface area contributed by atoms with Crippen molar-refractivity contribution < 1.29 is 4.79 Å². The van der Waals surface area contributed by atoms with E-state index in [9.17, 15) is 4.79 Å². The number of benzene rings is 1. The van der Waals surface area contributed by atoms with E-state index in [1.165, 1.54) is 23.1 Å². The molecular weight excluding hydrogens is 386 g/mol. The van der Waals surface area contributed by atoms with Gasteiger partial charge in [-0.2, -0.15) is 5.26 Å². The van der Waals surface area contributed by atoms with Crippen molar-refractivity contribution >= 4 is 51.6 Å². The van der Waals surface area contributed by atoms with Crippen LogP contribution in [-0.2, 0) is 4.79 Å². The van der Waals surface area contributed by atoms with Crippen molar-refractivity contribution in [2.75, 3.05) is 22.9 Å². The number of aromatic nitrogens is 2. The van der Waals surface area contributed by atoms with Crippen LogP contribution in [0.5, 0.6) is 0 Å². The number of thioether (sulfide) groups is 2. The number of nitriles is 1. The minimum Gasteiger partial charge on any atom is -0.360 e.